The maximum Gasteiger partial charge on any atom is 0.0951 e. The van der Waals surface area contributed by atoms with Crippen molar-refractivity contribution in [1.29, 1.82) is 0 Å². The number of imidazole rings is 1. The molecular weight excluding hydrogens is 224 g/mol. The third kappa shape index (κ3) is 3.12. The Kier molecular flexibility index (Phi) is 4.40. The van der Waals surface area contributed by atoms with Crippen LogP contribution in [0.2, 0.25) is 0 Å². The molecule has 102 valence electrons. The number of aromatic nitrogens is 2. The topological polar surface area (TPSA) is 47.1 Å². The zero-order valence-electron chi connectivity index (χ0n) is 11.8. The average Bonchev–Trinajstić information content (AvgIpc) is 3.07. The second-order valence-electron chi connectivity index (χ2n) is 5.87. The molecule has 1 aromatic rings. The van der Waals surface area contributed by atoms with Crippen LogP contribution in [0.3, 0.4) is 0 Å². The van der Waals surface area contributed by atoms with Crippen molar-refractivity contribution in [2.24, 2.45) is 11.7 Å². The highest BCUT2D eigenvalue weighted by Gasteiger charge is 2.28. The molecule has 0 radical (unpaired) electrons. The maximum atomic E-state index is 5.98. The molecule has 4 nitrogen and oxygen atoms in total. The van der Waals surface area contributed by atoms with E-state index in [1.807, 2.05) is 12.5 Å². The fourth-order valence-corrected chi connectivity index (χ4v) is 2.37. The van der Waals surface area contributed by atoms with Crippen LogP contribution in [0.1, 0.15) is 50.9 Å². The lowest BCUT2D eigenvalue weighted by Gasteiger charge is -2.28. The molecule has 2 rings (SSSR count). The number of rotatable bonds is 7. The van der Waals surface area contributed by atoms with Crippen LogP contribution >= 0.6 is 0 Å². The Balaban J connectivity index is 2.04. The van der Waals surface area contributed by atoms with Crippen LogP contribution in [0.15, 0.2) is 12.5 Å². The van der Waals surface area contributed by atoms with E-state index in [2.05, 4.69) is 35.3 Å². The molecule has 1 aliphatic carbocycles. The number of nitrogens with zero attached hydrogens (tertiary/aromatic N) is 3. The van der Waals surface area contributed by atoms with Gasteiger partial charge < -0.3 is 10.3 Å². The van der Waals surface area contributed by atoms with Gasteiger partial charge in [0.15, 0.2) is 0 Å². The van der Waals surface area contributed by atoms with E-state index in [4.69, 9.17) is 5.73 Å². The molecule has 1 aliphatic rings. The standard InChI is InChI=1S/C14H26N4/c1-11(2)6-7-17(3)13(8-15)14-9-16-10-18(14)12-4-5-12/h9-13H,4-8,15H2,1-3H3. The van der Waals surface area contributed by atoms with Crippen LogP contribution in [0.4, 0.5) is 0 Å². The van der Waals surface area contributed by atoms with Gasteiger partial charge in [-0.05, 0) is 38.8 Å². The predicted molar refractivity (Wildman–Crippen MR) is 74.4 cm³/mol. The van der Waals surface area contributed by atoms with Crippen LogP contribution in [-0.4, -0.2) is 34.6 Å². The quantitative estimate of drug-likeness (QED) is 0.807. The van der Waals surface area contributed by atoms with Gasteiger partial charge in [-0.3, -0.25) is 4.90 Å². The number of hydrogen-bond acceptors (Lipinski definition) is 3. The van der Waals surface area contributed by atoms with Gasteiger partial charge in [-0.2, -0.15) is 0 Å². The summed E-state index contributed by atoms with van der Waals surface area (Å²) >= 11 is 0. The molecule has 0 aliphatic heterocycles. The molecule has 18 heavy (non-hydrogen) atoms. The molecule has 0 spiro atoms. The predicted octanol–water partition coefficient (Wildman–Crippen LogP) is 2.20. The molecule has 2 N–H and O–H groups in total. The summed E-state index contributed by atoms with van der Waals surface area (Å²) in [6.07, 6.45) is 7.74. The smallest absolute Gasteiger partial charge is 0.0951 e. The Morgan fingerprint density at radius 3 is 2.78 bits per heavy atom. The molecule has 4 heteroatoms. The van der Waals surface area contributed by atoms with E-state index < -0.39 is 0 Å². The number of likely N-dealkylation sites (N-methyl/N-ethyl adjacent to an activating group) is 1. The first kappa shape index (κ1) is 13.6. The van der Waals surface area contributed by atoms with E-state index in [0.29, 0.717) is 18.6 Å². The first-order valence-electron chi connectivity index (χ1n) is 7.05. The van der Waals surface area contributed by atoms with Crippen LogP contribution in [0.25, 0.3) is 0 Å². The Morgan fingerprint density at radius 2 is 2.22 bits per heavy atom. The zero-order chi connectivity index (χ0) is 13.1. The summed E-state index contributed by atoms with van der Waals surface area (Å²) in [5, 5.41) is 0. The van der Waals surface area contributed by atoms with Crippen molar-refractivity contribution in [3.8, 4) is 0 Å². The highest BCUT2D eigenvalue weighted by Crippen LogP contribution is 2.37. The van der Waals surface area contributed by atoms with E-state index in [0.717, 1.165) is 12.5 Å². The van der Waals surface area contributed by atoms with E-state index in [1.165, 1.54) is 25.0 Å². The lowest BCUT2D eigenvalue weighted by Crippen LogP contribution is -2.33. The van der Waals surface area contributed by atoms with Gasteiger partial charge in [-0.15, -0.1) is 0 Å². The largest absolute Gasteiger partial charge is 0.330 e. The Hall–Kier alpha value is -0.870. The molecule has 0 aromatic carbocycles. The second-order valence-corrected chi connectivity index (χ2v) is 5.87. The first-order valence-corrected chi connectivity index (χ1v) is 7.05. The van der Waals surface area contributed by atoms with Gasteiger partial charge in [0.1, 0.15) is 0 Å². The summed E-state index contributed by atoms with van der Waals surface area (Å²) < 4.78 is 2.32. The van der Waals surface area contributed by atoms with Gasteiger partial charge in [0.25, 0.3) is 0 Å². The minimum atomic E-state index is 0.298. The third-order valence-corrected chi connectivity index (χ3v) is 3.79. The lowest BCUT2D eigenvalue weighted by atomic mass is 10.1. The summed E-state index contributed by atoms with van der Waals surface area (Å²) in [5.74, 6) is 0.735. The average molecular weight is 250 g/mol. The van der Waals surface area contributed by atoms with E-state index in [-0.39, 0.29) is 0 Å². The molecule has 1 unspecified atom stereocenters. The summed E-state index contributed by atoms with van der Waals surface area (Å²) in [6, 6.07) is 0.974. The van der Waals surface area contributed by atoms with Gasteiger partial charge in [0.2, 0.25) is 0 Å². The first-order chi connectivity index (χ1) is 8.63. The van der Waals surface area contributed by atoms with Crippen LogP contribution in [0, 0.1) is 5.92 Å². The molecule has 1 atom stereocenters. The fourth-order valence-electron chi connectivity index (χ4n) is 2.37. The Labute approximate surface area is 110 Å². The number of hydrogen-bond donors (Lipinski definition) is 1. The Bertz CT molecular complexity index is 368. The van der Waals surface area contributed by atoms with Crippen molar-refractivity contribution in [2.45, 2.75) is 45.2 Å². The van der Waals surface area contributed by atoms with Crippen molar-refractivity contribution in [2.75, 3.05) is 20.1 Å². The van der Waals surface area contributed by atoms with Crippen molar-refractivity contribution in [3.63, 3.8) is 0 Å². The van der Waals surface area contributed by atoms with Gasteiger partial charge in [-0.25, -0.2) is 4.98 Å². The van der Waals surface area contributed by atoms with Crippen molar-refractivity contribution in [3.05, 3.63) is 18.2 Å². The lowest BCUT2D eigenvalue weighted by molar-refractivity contribution is 0.227. The van der Waals surface area contributed by atoms with E-state index in [9.17, 15) is 0 Å². The summed E-state index contributed by atoms with van der Waals surface area (Å²) in [5.41, 5.74) is 7.26. The molecule has 1 heterocycles. The van der Waals surface area contributed by atoms with Gasteiger partial charge in [0.05, 0.1) is 18.1 Å². The molecule has 0 saturated heterocycles. The fraction of sp³-hybridized carbons (Fsp3) is 0.786. The molecule has 1 fully saturated rings. The summed E-state index contributed by atoms with van der Waals surface area (Å²) in [4.78, 5) is 6.68. The monoisotopic (exact) mass is 250 g/mol. The normalized spacial score (nSPS) is 17.7. The molecule has 0 amide bonds. The zero-order valence-corrected chi connectivity index (χ0v) is 11.8. The minimum Gasteiger partial charge on any atom is -0.330 e. The highest BCUT2D eigenvalue weighted by molar-refractivity contribution is 5.09. The van der Waals surface area contributed by atoms with Crippen LogP contribution < -0.4 is 5.73 Å². The van der Waals surface area contributed by atoms with Crippen molar-refractivity contribution in [1.82, 2.24) is 14.5 Å². The summed E-state index contributed by atoms with van der Waals surface area (Å²) in [7, 11) is 2.17. The second kappa shape index (κ2) is 5.85. The third-order valence-electron chi connectivity index (χ3n) is 3.79. The van der Waals surface area contributed by atoms with Crippen LogP contribution in [-0.2, 0) is 0 Å². The Morgan fingerprint density at radius 1 is 1.50 bits per heavy atom. The maximum absolute atomic E-state index is 5.98. The molecule has 0 bridgehead atoms. The number of nitrogens with two attached hydrogens (primary N) is 1. The van der Waals surface area contributed by atoms with E-state index in [1.54, 1.807) is 0 Å². The van der Waals surface area contributed by atoms with Crippen molar-refractivity contribution < 1.29 is 0 Å². The van der Waals surface area contributed by atoms with Crippen molar-refractivity contribution >= 4 is 0 Å². The van der Waals surface area contributed by atoms with E-state index >= 15 is 0 Å². The van der Waals surface area contributed by atoms with Gasteiger partial charge in [0, 0.05) is 18.8 Å². The van der Waals surface area contributed by atoms with Gasteiger partial charge in [-0.1, -0.05) is 13.8 Å². The molecule has 1 saturated carbocycles. The minimum absolute atomic E-state index is 0.298. The van der Waals surface area contributed by atoms with Crippen LogP contribution in [0.5, 0.6) is 0 Å². The summed E-state index contributed by atoms with van der Waals surface area (Å²) in [6.45, 7) is 6.28. The molecular formula is C14H26N4. The van der Waals surface area contributed by atoms with Gasteiger partial charge >= 0.3 is 0 Å². The SMILES string of the molecule is CC(C)CCN(C)C(CN)c1cncn1C1CC1. The highest BCUT2D eigenvalue weighted by atomic mass is 15.2. The molecule has 1 aromatic heterocycles.